The van der Waals surface area contributed by atoms with Crippen LogP contribution in [0, 0.1) is 19.8 Å². The maximum atomic E-state index is 12.8. The summed E-state index contributed by atoms with van der Waals surface area (Å²) in [4.78, 5) is 22.6. The third kappa shape index (κ3) is 5.27. The van der Waals surface area contributed by atoms with Crippen molar-refractivity contribution in [2.45, 2.75) is 53.6 Å². The number of nitrogens with zero attached hydrogens (tertiary/aromatic N) is 6. The molecule has 172 valence electrons. The van der Waals surface area contributed by atoms with Gasteiger partial charge in [0.2, 0.25) is 17.6 Å². The zero-order valence-corrected chi connectivity index (χ0v) is 20.2. The van der Waals surface area contributed by atoms with Gasteiger partial charge in [-0.1, -0.05) is 25.1 Å². The van der Waals surface area contributed by atoms with E-state index in [9.17, 15) is 4.79 Å². The average molecular weight is 457 g/mol. The summed E-state index contributed by atoms with van der Waals surface area (Å²) in [6, 6.07) is 3.97. The van der Waals surface area contributed by atoms with Gasteiger partial charge in [0, 0.05) is 44.8 Å². The van der Waals surface area contributed by atoms with E-state index in [0.29, 0.717) is 30.6 Å². The quantitative estimate of drug-likeness (QED) is 0.516. The van der Waals surface area contributed by atoms with E-state index in [1.165, 1.54) is 11.3 Å². The molecule has 0 aliphatic carbocycles. The molecule has 9 heteroatoms. The molecule has 8 nitrogen and oxygen atoms in total. The van der Waals surface area contributed by atoms with Gasteiger partial charge in [-0.25, -0.2) is 0 Å². The lowest BCUT2D eigenvalue weighted by Crippen LogP contribution is -2.48. The average Bonchev–Trinajstić information content (AvgIpc) is 3.49. The van der Waals surface area contributed by atoms with Crippen LogP contribution in [0.2, 0.25) is 0 Å². The van der Waals surface area contributed by atoms with Gasteiger partial charge in [0.1, 0.15) is 0 Å². The van der Waals surface area contributed by atoms with Gasteiger partial charge in [0.05, 0.1) is 17.1 Å². The van der Waals surface area contributed by atoms with Crippen LogP contribution in [0.1, 0.15) is 43.1 Å². The second-order valence-electron chi connectivity index (χ2n) is 8.87. The lowest BCUT2D eigenvalue weighted by molar-refractivity contribution is -0.133. The van der Waals surface area contributed by atoms with Crippen molar-refractivity contribution < 1.29 is 9.32 Å². The number of rotatable bonds is 8. The van der Waals surface area contributed by atoms with Crippen LogP contribution in [0.4, 0.5) is 0 Å². The minimum atomic E-state index is 0.220. The van der Waals surface area contributed by atoms with Gasteiger partial charge in [0.25, 0.3) is 0 Å². The summed E-state index contributed by atoms with van der Waals surface area (Å²) in [7, 11) is 0. The normalized spacial score (nSPS) is 15.1. The minimum absolute atomic E-state index is 0.220. The highest BCUT2D eigenvalue weighted by atomic mass is 32.1. The zero-order chi connectivity index (χ0) is 22.7. The van der Waals surface area contributed by atoms with Gasteiger partial charge in [-0.15, -0.1) is 11.3 Å². The number of hydrogen-bond donors (Lipinski definition) is 0. The molecule has 4 rings (SSSR count). The Morgan fingerprint density at radius 2 is 2.00 bits per heavy atom. The monoisotopic (exact) mass is 456 g/mol. The van der Waals surface area contributed by atoms with Crippen molar-refractivity contribution in [1.29, 1.82) is 0 Å². The summed E-state index contributed by atoms with van der Waals surface area (Å²) in [5, 5.41) is 10.8. The Morgan fingerprint density at radius 1 is 1.22 bits per heavy atom. The Balaban J connectivity index is 1.25. The molecule has 0 unspecified atom stereocenters. The van der Waals surface area contributed by atoms with Crippen LogP contribution in [0.15, 0.2) is 22.0 Å². The summed E-state index contributed by atoms with van der Waals surface area (Å²) in [5.74, 6) is 2.04. The number of piperazine rings is 1. The van der Waals surface area contributed by atoms with Crippen molar-refractivity contribution in [3.63, 3.8) is 0 Å². The van der Waals surface area contributed by atoms with E-state index >= 15 is 0 Å². The smallest absolute Gasteiger partial charge is 0.241 e. The first-order valence-electron chi connectivity index (χ1n) is 11.3. The molecule has 0 atom stereocenters. The molecule has 1 fully saturated rings. The molecule has 32 heavy (non-hydrogen) atoms. The molecule has 1 aliphatic rings. The molecule has 3 aromatic rings. The predicted octanol–water partition coefficient (Wildman–Crippen LogP) is 3.54. The van der Waals surface area contributed by atoms with Gasteiger partial charge < -0.3 is 9.42 Å². The van der Waals surface area contributed by atoms with E-state index < -0.39 is 0 Å². The molecule has 3 aromatic heterocycles. The minimum Gasteiger partial charge on any atom is -0.340 e. The maximum Gasteiger partial charge on any atom is 0.241 e. The van der Waals surface area contributed by atoms with Crippen molar-refractivity contribution in [2.75, 3.05) is 26.2 Å². The van der Waals surface area contributed by atoms with Gasteiger partial charge in [-0.2, -0.15) is 10.1 Å². The Labute approximate surface area is 193 Å². The standard InChI is InChI=1S/C23H32N6O2S/c1-16(2)14-29-18(4)19(17(3)25-29)7-8-22(30)28-11-9-27(10-12-28)15-21-24-23(26-31-21)20-6-5-13-32-20/h5-6,13,16H,7-12,14-15H2,1-4H3. The van der Waals surface area contributed by atoms with Crippen molar-refractivity contribution in [1.82, 2.24) is 29.7 Å². The van der Waals surface area contributed by atoms with Crippen molar-refractivity contribution in [3.05, 3.63) is 40.4 Å². The summed E-state index contributed by atoms with van der Waals surface area (Å²) in [6.07, 6.45) is 1.28. The van der Waals surface area contributed by atoms with Crippen LogP contribution < -0.4 is 0 Å². The molecule has 0 spiro atoms. The van der Waals surface area contributed by atoms with Crippen LogP contribution >= 0.6 is 11.3 Å². The van der Waals surface area contributed by atoms with E-state index in [1.807, 2.05) is 29.3 Å². The van der Waals surface area contributed by atoms with Gasteiger partial charge in [0.15, 0.2) is 0 Å². The molecule has 1 saturated heterocycles. The van der Waals surface area contributed by atoms with Gasteiger partial charge in [-0.05, 0) is 43.2 Å². The Hall–Kier alpha value is -2.52. The van der Waals surface area contributed by atoms with E-state index in [0.717, 1.165) is 49.7 Å². The molecular weight excluding hydrogens is 424 g/mol. The van der Waals surface area contributed by atoms with E-state index in [4.69, 9.17) is 4.52 Å². The number of thiophene rings is 1. The fourth-order valence-corrected chi connectivity index (χ4v) is 4.83. The summed E-state index contributed by atoms with van der Waals surface area (Å²) >= 11 is 1.60. The number of carbonyl (C=O) groups is 1. The number of amides is 1. The molecule has 0 radical (unpaired) electrons. The Kier molecular flexibility index (Phi) is 7.05. The van der Waals surface area contributed by atoms with Crippen LogP contribution in [0.5, 0.6) is 0 Å². The molecule has 0 bridgehead atoms. The summed E-state index contributed by atoms with van der Waals surface area (Å²) in [6.45, 7) is 13.2. The van der Waals surface area contributed by atoms with Crippen molar-refractivity contribution >= 4 is 17.2 Å². The largest absolute Gasteiger partial charge is 0.340 e. The van der Waals surface area contributed by atoms with Crippen molar-refractivity contribution in [3.8, 4) is 10.7 Å². The highest BCUT2D eigenvalue weighted by Gasteiger charge is 2.23. The highest BCUT2D eigenvalue weighted by molar-refractivity contribution is 7.13. The van der Waals surface area contributed by atoms with Crippen LogP contribution in [0.3, 0.4) is 0 Å². The van der Waals surface area contributed by atoms with Crippen LogP contribution in [-0.2, 0) is 24.3 Å². The summed E-state index contributed by atoms with van der Waals surface area (Å²) in [5.41, 5.74) is 3.45. The number of hydrogen-bond acceptors (Lipinski definition) is 7. The molecule has 0 saturated carbocycles. The lowest BCUT2D eigenvalue weighted by Gasteiger charge is -2.34. The SMILES string of the molecule is Cc1nn(CC(C)C)c(C)c1CCC(=O)N1CCN(Cc2nc(-c3cccs3)no2)CC1. The molecule has 4 heterocycles. The maximum absolute atomic E-state index is 12.8. The third-order valence-electron chi connectivity index (χ3n) is 5.95. The van der Waals surface area contributed by atoms with E-state index in [-0.39, 0.29) is 5.91 Å². The second-order valence-corrected chi connectivity index (χ2v) is 9.82. The molecule has 0 N–H and O–H groups in total. The first-order chi connectivity index (χ1) is 15.4. The highest BCUT2D eigenvalue weighted by Crippen LogP contribution is 2.22. The van der Waals surface area contributed by atoms with Gasteiger partial charge >= 0.3 is 0 Å². The Bertz CT molecular complexity index is 1030. The number of aromatic nitrogens is 4. The molecule has 1 amide bonds. The molecule has 0 aromatic carbocycles. The van der Waals surface area contributed by atoms with Crippen LogP contribution in [0.25, 0.3) is 10.7 Å². The lowest BCUT2D eigenvalue weighted by atomic mass is 10.1. The van der Waals surface area contributed by atoms with Crippen molar-refractivity contribution in [2.24, 2.45) is 5.92 Å². The topological polar surface area (TPSA) is 80.3 Å². The predicted molar refractivity (Wildman–Crippen MR) is 124 cm³/mol. The number of carbonyl (C=O) groups excluding carboxylic acids is 1. The molecule has 1 aliphatic heterocycles. The van der Waals surface area contributed by atoms with E-state index in [1.54, 1.807) is 11.3 Å². The Morgan fingerprint density at radius 3 is 2.69 bits per heavy atom. The second kappa shape index (κ2) is 9.95. The first-order valence-corrected chi connectivity index (χ1v) is 12.2. The fourth-order valence-electron chi connectivity index (χ4n) is 4.18. The first kappa shape index (κ1) is 22.7. The van der Waals surface area contributed by atoms with E-state index in [2.05, 4.69) is 45.6 Å². The zero-order valence-electron chi connectivity index (χ0n) is 19.4. The third-order valence-corrected chi connectivity index (χ3v) is 6.82. The molecular formula is C23H32N6O2S. The summed E-state index contributed by atoms with van der Waals surface area (Å²) < 4.78 is 7.50. The van der Waals surface area contributed by atoms with Crippen LogP contribution in [-0.4, -0.2) is 61.8 Å². The van der Waals surface area contributed by atoms with Gasteiger partial charge in [-0.3, -0.25) is 14.4 Å². The number of aryl methyl sites for hydroxylation is 1. The fraction of sp³-hybridized carbons (Fsp3) is 0.565.